The van der Waals surface area contributed by atoms with Crippen LogP contribution in [0.2, 0.25) is 0 Å². The molecule has 0 bridgehead atoms. The van der Waals surface area contributed by atoms with Crippen molar-refractivity contribution in [1.29, 1.82) is 0 Å². The predicted molar refractivity (Wildman–Crippen MR) is 157 cm³/mol. The number of esters is 1. The quantitative estimate of drug-likeness (QED) is 0.124. The molecule has 44 heavy (non-hydrogen) atoms. The summed E-state index contributed by atoms with van der Waals surface area (Å²) in [4.78, 5) is 25.2. The molecule has 1 N–H and O–H groups in total. The summed E-state index contributed by atoms with van der Waals surface area (Å²) in [5.74, 6) is -3.43. The number of aryl methyl sites for hydroxylation is 2. The van der Waals surface area contributed by atoms with Crippen LogP contribution in [0.25, 0.3) is 0 Å². The van der Waals surface area contributed by atoms with E-state index >= 15 is 0 Å². The van der Waals surface area contributed by atoms with E-state index in [0.29, 0.717) is 16.7 Å². The minimum absolute atomic E-state index is 0.0163. The van der Waals surface area contributed by atoms with Crippen molar-refractivity contribution in [2.45, 2.75) is 46.2 Å². The number of amides is 1. The van der Waals surface area contributed by atoms with E-state index in [0.717, 1.165) is 29.1 Å². The van der Waals surface area contributed by atoms with Gasteiger partial charge in [-0.2, -0.15) is 13.2 Å². The SMILES string of the molecule is Cc1cc(F)ccc1CN(Cc1ccccc1)C(=O)C(=O)OCC(F)(F)F.Cc1cc(F)ccc1CNCc1ccccc1. The van der Waals surface area contributed by atoms with E-state index in [-0.39, 0.29) is 18.9 Å². The van der Waals surface area contributed by atoms with Crippen molar-refractivity contribution in [3.8, 4) is 0 Å². The summed E-state index contributed by atoms with van der Waals surface area (Å²) in [6, 6.07) is 27.7. The van der Waals surface area contributed by atoms with Crippen LogP contribution >= 0.6 is 0 Å². The molecule has 0 fully saturated rings. The molecule has 232 valence electrons. The van der Waals surface area contributed by atoms with Gasteiger partial charge in [-0.05, 0) is 71.5 Å². The highest BCUT2D eigenvalue weighted by Gasteiger charge is 2.32. The standard InChI is InChI=1S/C19H17F4NO3.C15H16FN/c1-13-9-16(20)8-7-15(13)11-24(10-14-5-3-2-4-6-14)17(25)18(26)27-12-19(21,22)23;1-12-9-15(16)8-7-14(12)11-17-10-13-5-3-2-4-6-13/h2-9H,10-12H2,1H3;2-9,17H,10-11H2,1H3. The summed E-state index contributed by atoms with van der Waals surface area (Å²) in [5.41, 5.74) is 5.17. The smallest absolute Gasteiger partial charge is 0.422 e. The maximum Gasteiger partial charge on any atom is 0.422 e. The summed E-state index contributed by atoms with van der Waals surface area (Å²) in [6.45, 7) is 3.22. The highest BCUT2D eigenvalue weighted by atomic mass is 19.4. The summed E-state index contributed by atoms with van der Waals surface area (Å²) in [7, 11) is 0. The lowest BCUT2D eigenvalue weighted by molar-refractivity contribution is -0.189. The molecule has 10 heteroatoms. The van der Waals surface area contributed by atoms with E-state index in [9.17, 15) is 31.5 Å². The van der Waals surface area contributed by atoms with Gasteiger partial charge in [0.25, 0.3) is 0 Å². The third kappa shape index (κ3) is 11.6. The molecular weight excluding hydrogens is 579 g/mol. The maximum absolute atomic E-state index is 13.3. The monoisotopic (exact) mass is 612 g/mol. The van der Waals surface area contributed by atoms with Crippen LogP contribution in [0.3, 0.4) is 0 Å². The lowest BCUT2D eigenvalue weighted by atomic mass is 10.1. The largest absolute Gasteiger partial charge is 0.449 e. The Morgan fingerprint density at radius 2 is 1.23 bits per heavy atom. The number of rotatable bonds is 9. The molecule has 0 saturated carbocycles. The van der Waals surface area contributed by atoms with Gasteiger partial charge in [0.1, 0.15) is 11.6 Å². The Balaban J connectivity index is 0.000000266. The van der Waals surface area contributed by atoms with E-state index in [4.69, 9.17) is 0 Å². The highest BCUT2D eigenvalue weighted by molar-refractivity contribution is 6.32. The van der Waals surface area contributed by atoms with Crippen molar-refractivity contribution < 1.29 is 36.3 Å². The molecule has 4 aromatic carbocycles. The first-order valence-electron chi connectivity index (χ1n) is 13.7. The number of carbonyl (C=O) groups is 2. The van der Waals surface area contributed by atoms with Crippen molar-refractivity contribution in [2.24, 2.45) is 0 Å². The van der Waals surface area contributed by atoms with Crippen LogP contribution in [0.15, 0.2) is 97.1 Å². The number of hydrogen-bond donors (Lipinski definition) is 1. The molecule has 0 aliphatic carbocycles. The molecular formula is C34H33F5N2O3. The second kappa shape index (κ2) is 16.3. The molecule has 0 atom stereocenters. The number of nitrogens with one attached hydrogen (secondary N) is 1. The third-order valence-electron chi connectivity index (χ3n) is 6.50. The van der Waals surface area contributed by atoms with Gasteiger partial charge in [-0.15, -0.1) is 0 Å². The lowest BCUT2D eigenvalue weighted by Crippen LogP contribution is -2.38. The number of halogens is 5. The summed E-state index contributed by atoms with van der Waals surface area (Å²) >= 11 is 0. The molecule has 0 unspecified atom stereocenters. The Labute approximate surface area is 253 Å². The molecule has 0 aliphatic heterocycles. The molecule has 5 nitrogen and oxygen atoms in total. The first-order valence-corrected chi connectivity index (χ1v) is 13.7. The van der Waals surface area contributed by atoms with Gasteiger partial charge < -0.3 is 15.0 Å². The van der Waals surface area contributed by atoms with Gasteiger partial charge in [0.05, 0.1) is 0 Å². The number of alkyl halides is 3. The fraction of sp³-hybridized carbons (Fsp3) is 0.235. The van der Waals surface area contributed by atoms with Crippen molar-refractivity contribution in [3.05, 3.63) is 142 Å². The third-order valence-corrected chi connectivity index (χ3v) is 6.50. The van der Waals surface area contributed by atoms with E-state index in [1.165, 1.54) is 29.8 Å². The average molecular weight is 613 g/mol. The van der Waals surface area contributed by atoms with Gasteiger partial charge in [0.2, 0.25) is 0 Å². The van der Waals surface area contributed by atoms with Crippen LogP contribution in [-0.4, -0.2) is 29.6 Å². The second-order valence-corrected chi connectivity index (χ2v) is 10.1. The zero-order valence-corrected chi connectivity index (χ0v) is 24.3. The molecule has 0 saturated heterocycles. The minimum atomic E-state index is -4.73. The molecule has 0 aliphatic rings. The number of benzene rings is 4. The van der Waals surface area contributed by atoms with Crippen molar-refractivity contribution in [3.63, 3.8) is 0 Å². The van der Waals surface area contributed by atoms with Gasteiger partial charge in [-0.25, -0.2) is 13.6 Å². The van der Waals surface area contributed by atoms with Gasteiger partial charge in [-0.3, -0.25) is 4.79 Å². The first-order chi connectivity index (χ1) is 20.9. The maximum atomic E-state index is 13.3. The van der Waals surface area contributed by atoms with E-state index in [2.05, 4.69) is 22.2 Å². The fourth-order valence-corrected chi connectivity index (χ4v) is 4.18. The van der Waals surface area contributed by atoms with Crippen LogP contribution in [0, 0.1) is 25.5 Å². The number of ether oxygens (including phenoxy) is 1. The lowest BCUT2D eigenvalue weighted by Gasteiger charge is -2.23. The summed E-state index contributed by atoms with van der Waals surface area (Å²) in [5, 5.41) is 3.36. The molecule has 0 aromatic heterocycles. The molecule has 0 radical (unpaired) electrons. The highest BCUT2D eigenvalue weighted by Crippen LogP contribution is 2.18. The Hall–Kier alpha value is -4.57. The van der Waals surface area contributed by atoms with Crippen LogP contribution in [0.1, 0.15) is 33.4 Å². The molecule has 0 spiro atoms. The minimum Gasteiger partial charge on any atom is -0.449 e. The Bertz CT molecular complexity index is 1510. The Morgan fingerprint density at radius 3 is 1.75 bits per heavy atom. The van der Waals surface area contributed by atoms with Crippen molar-refractivity contribution in [2.75, 3.05) is 6.61 Å². The number of nitrogens with zero attached hydrogens (tertiary/aromatic N) is 1. The Morgan fingerprint density at radius 1 is 0.705 bits per heavy atom. The zero-order valence-electron chi connectivity index (χ0n) is 24.3. The van der Waals surface area contributed by atoms with Gasteiger partial charge in [0, 0.05) is 26.2 Å². The second-order valence-electron chi connectivity index (χ2n) is 10.1. The van der Waals surface area contributed by atoms with Crippen molar-refractivity contribution in [1.82, 2.24) is 10.2 Å². The fourth-order valence-electron chi connectivity index (χ4n) is 4.18. The zero-order chi connectivity index (χ0) is 32.1. The number of carbonyl (C=O) groups excluding carboxylic acids is 2. The molecule has 4 rings (SSSR count). The molecule has 4 aromatic rings. The van der Waals surface area contributed by atoms with Crippen LogP contribution < -0.4 is 5.32 Å². The van der Waals surface area contributed by atoms with E-state index in [1.54, 1.807) is 43.3 Å². The topological polar surface area (TPSA) is 58.6 Å². The van der Waals surface area contributed by atoms with Gasteiger partial charge in [-0.1, -0.05) is 72.8 Å². The van der Waals surface area contributed by atoms with E-state index in [1.807, 2.05) is 31.2 Å². The summed E-state index contributed by atoms with van der Waals surface area (Å²) < 4.78 is 66.9. The number of hydrogen-bond acceptors (Lipinski definition) is 4. The molecule has 1 amide bonds. The van der Waals surface area contributed by atoms with Gasteiger partial charge >= 0.3 is 18.1 Å². The van der Waals surface area contributed by atoms with Crippen molar-refractivity contribution >= 4 is 11.9 Å². The molecule has 0 heterocycles. The normalized spacial score (nSPS) is 10.9. The average Bonchev–Trinajstić information content (AvgIpc) is 2.98. The first kappa shape index (κ1) is 33.9. The predicted octanol–water partition coefficient (Wildman–Crippen LogP) is 7.19. The summed E-state index contributed by atoms with van der Waals surface area (Å²) in [6.07, 6.45) is -4.73. The van der Waals surface area contributed by atoms with Crippen LogP contribution in [0.4, 0.5) is 22.0 Å². The van der Waals surface area contributed by atoms with Crippen LogP contribution in [0.5, 0.6) is 0 Å². The Kier molecular flexibility index (Phi) is 12.6. The van der Waals surface area contributed by atoms with Gasteiger partial charge in [0.15, 0.2) is 6.61 Å². The van der Waals surface area contributed by atoms with Crippen LogP contribution in [-0.2, 0) is 40.5 Å². The van der Waals surface area contributed by atoms with E-state index < -0.39 is 30.5 Å².